The highest BCUT2D eigenvalue weighted by atomic mass is 16.5. The first-order valence-corrected chi connectivity index (χ1v) is 11.3. The Bertz CT molecular complexity index is 1160. The summed E-state index contributed by atoms with van der Waals surface area (Å²) in [5.74, 6) is 3.08. The summed E-state index contributed by atoms with van der Waals surface area (Å²) in [4.78, 5) is 26.3. The molecule has 1 amide bonds. The minimum atomic E-state index is 0.136. The Morgan fingerprint density at radius 1 is 0.970 bits per heavy atom. The summed E-state index contributed by atoms with van der Waals surface area (Å²) in [5.41, 5.74) is 8.29. The zero-order valence-electron chi connectivity index (χ0n) is 19.0. The Kier molecular flexibility index (Phi) is 5.66. The fourth-order valence-electron chi connectivity index (χ4n) is 4.81. The number of hydrogen-bond donors (Lipinski definition) is 1. The van der Waals surface area contributed by atoms with Gasteiger partial charge >= 0.3 is 0 Å². The second kappa shape index (κ2) is 8.77. The average Bonchev–Trinajstić information content (AvgIpc) is 2.83. The summed E-state index contributed by atoms with van der Waals surface area (Å²) in [5, 5.41) is 0.725. The van der Waals surface area contributed by atoms with Crippen LogP contribution in [0.4, 0.5) is 11.8 Å². The van der Waals surface area contributed by atoms with E-state index < -0.39 is 0 Å². The largest absolute Gasteiger partial charge is 0.493 e. The van der Waals surface area contributed by atoms with Gasteiger partial charge in [0, 0.05) is 43.5 Å². The number of rotatable bonds is 5. The zero-order valence-corrected chi connectivity index (χ0v) is 19.0. The lowest BCUT2D eigenvalue weighted by atomic mass is 9.71. The first-order valence-electron chi connectivity index (χ1n) is 11.3. The molecule has 5 rings (SSSR count). The minimum absolute atomic E-state index is 0.136. The molecule has 1 aliphatic heterocycles. The van der Waals surface area contributed by atoms with Gasteiger partial charge in [-0.2, -0.15) is 4.98 Å². The highest BCUT2D eigenvalue weighted by Gasteiger charge is 2.38. The molecule has 3 aromatic rings. The topological polar surface area (TPSA) is 93.8 Å². The van der Waals surface area contributed by atoms with E-state index in [2.05, 4.69) is 34.1 Å². The molecule has 1 aliphatic carbocycles. The summed E-state index contributed by atoms with van der Waals surface area (Å²) < 4.78 is 10.8. The van der Waals surface area contributed by atoms with Gasteiger partial charge in [0.1, 0.15) is 5.82 Å². The molecule has 1 saturated heterocycles. The van der Waals surface area contributed by atoms with E-state index >= 15 is 0 Å². The Labute approximate surface area is 193 Å². The SMILES string of the molecule is COc1cc2nc(N3CCN(C(=O)C4CC(c5ccccc5)C4)CC3)nc(N)c2cc1OC. The van der Waals surface area contributed by atoms with Crippen LogP contribution in [0.2, 0.25) is 0 Å². The smallest absolute Gasteiger partial charge is 0.228 e. The standard InChI is InChI=1S/C25H29N5O3/c1-32-21-14-19-20(15-22(21)33-2)27-25(28-23(19)26)30-10-8-29(9-11-30)24(31)18-12-17(13-18)16-6-4-3-5-7-16/h3-7,14-15,17-18H,8-13H2,1-2H3,(H2,26,27,28). The first-order chi connectivity index (χ1) is 16.1. The van der Waals surface area contributed by atoms with Crippen LogP contribution >= 0.6 is 0 Å². The third kappa shape index (κ3) is 4.01. The molecular formula is C25H29N5O3. The summed E-state index contributed by atoms with van der Waals surface area (Å²) in [7, 11) is 3.18. The lowest BCUT2D eigenvalue weighted by molar-refractivity contribution is -0.139. The van der Waals surface area contributed by atoms with Gasteiger partial charge in [-0.1, -0.05) is 30.3 Å². The van der Waals surface area contributed by atoms with Gasteiger partial charge in [0.2, 0.25) is 11.9 Å². The fraction of sp³-hybridized carbons (Fsp3) is 0.400. The molecule has 8 heteroatoms. The van der Waals surface area contributed by atoms with Gasteiger partial charge in [-0.05, 0) is 30.4 Å². The van der Waals surface area contributed by atoms with Crippen molar-refractivity contribution in [3.05, 3.63) is 48.0 Å². The van der Waals surface area contributed by atoms with Crippen LogP contribution < -0.4 is 20.1 Å². The molecule has 0 atom stereocenters. The number of nitrogens with zero attached hydrogens (tertiary/aromatic N) is 4. The normalized spacial score (nSPS) is 20.4. The molecule has 0 bridgehead atoms. The maximum Gasteiger partial charge on any atom is 0.228 e. The number of nitrogen functional groups attached to an aromatic ring is 1. The van der Waals surface area contributed by atoms with Gasteiger partial charge in [0.05, 0.1) is 19.7 Å². The molecule has 33 heavy (non-hydrogen) atoms. The molecule has 2 fully saturated rings. The molecule has 2 N–H and O–H groups in total. The Balaban J connectivity index is 1.23. The van der Waals surface area contributed by atoms with E-state index in [9.17, 15) is 4.79 Å². The lowest BCUT2D eigenvalue weighted by Crippen LogP contribution is -2.52. The van der Waals surface area contributed by atoms with Crippen LogP contribution in [-0.2, 0) is 4.79 Å². The van der Waals surface area contributed by atoms with Gasteiger partial charge in [-0.3, -0.25) is 4.79 Å². The molecule has 2 aliphatic rings. The highest BCUT2D eigenvalue weighted by Crippen LogP contribution is 2.42. The van der Waals surface area contributed by atoms with Gasteiger partial charge in [0.25, 0.3) is 0 Å². The molecule has 1 aromatic heterocycles. The number of aromatic nitrogens is 2. The van der Waals surface area contributed by atoms with Crippen molar-refractivity contribution in [1.82, 2.24) is 14.9 Å². The Morgan fingerprint density at radius 3 is 2.30 bits per heavy atom. The number of ether oxygens (including phenoxy) is 2. The maximum atomic E-state index is 13.0. The van der Waals surface area contributed by atoms with Crippen molar-refractivity contribution in [2.24, 2.45) is 5.92 Å². The molecule has 2 aromatic carbocycles. The number of anilines is 2. The number of piperazine rings is 1. The zero-order chi connectivity index (χ0) is 22.9. The number of methoxy groups -OCH3 is 2. The van der Waals surface area contributed by atoms with Crippen molar-refractivity contribution >= 4 is 28.6 Å². The first kappa shape index (κ1) is 21.3. The van der Waals surface area contributed by atoms with Crippen LogP contribution in [0.3, 0.4) is 0 Å². The Hall–Kier alpha value is -3.55. The molecular weight excluding hydrogens is 418 g/mol. The van der Waals surface area contributed by atoms with Crippen molar-refractivity contribution in [1.29, 1.82) is 0 Å². The summed E-state index contributed by atoms with van der Waals surface area (Å²) in [6.45, 7) is 2.69. The predicted molar refractivity (Wildman–Crippen MR) is 128 cm³/mol. The number of hydrogen-bond acceptors (Lipinski definition) is 7. The van der Waals surface area contributed by atoms with Crippen LogP contribution in [-0.4, -0.2) is 61.2 Å². The molecule has 0 spiro atoms. The maximum absolute atomic E-state index is 13.0. The third-order valence-electron chi connectivity index (χ3n) is 6.85. The van der Waals surface area contributed by atoms with E-state index in [0.717, 1.165) is 18.2 Å². The van der Waals surface area contributed by atoms with Gasteiger partial charge < -0.3 is 25.0 Å². The molecule has 2 heterocycles. The summed E-state index contributed by atoms with van der Waals surface area (Å²) in [6.07, 6.45) is 1.89. The number of nitrogens with two attached hydrogens (primary N) is 1. The van der Waals surface area contributed by atoms with E-state index in [1.807, 2.05) is 17.0 Å². The fourth-order valence-corrected chi connectivity index (χ4v) is 4.81. The molecule has 172 valence electrons. The van der Waals surface area contributed by atoms with E-state index in [4.69, 9.17) is 20.2 Å². The van der Waals surface area contributed by atoms with Gasteiger partial charge in [-0.25, -0.2) is 4.98 Å². The Morgan fingerprint density at radius 2 is 1.64 bits per heavy atom. The van der Waals surface area contributed by atoms with Crippen molar-refractivity contribution < 1.29 is 14.3 Å². The van der Waals surface area contributed by atoms with E-state index in [1.54, 1.807) is 20.3 Å². The van der Waals surface area contributed by atoms with Crippen LogP contribution in [0.5, 0.6) is 11.5 Å². The van der Waals surface area contributed by atoms with Crippen LogP contribution in [0.25, 0.3) is 10.9 Å². The second-order valence-corrected chi connectivity index (χ2v) is 8.72. The van der Waals surface area contributed by atoms with Crippen molar-refractivity contribution in [2.75, 3.05) is 51.0 Å². The highest BCUT2D eigenvalue weighted by molar-refractivity contribution is 5.91. The summed E-state index contributed by atoms with van der Waals surface area (Å²) >= 11 is 0. The second-order valence-electron chi connectivity index (χ2n) is 8.72. The van der Waals surface area contributed by atoms with Crippen LogP contribution in [0.15, 0.2) is 42.5 Å². The van der Waals surface area contributed by atoms with Crippen molar-refractivity contribution in [3.8, 4) is 11.5 Å². The van der Waals surface area contributed by atoms with E-state index in [1.165, 1.54) is 5.56 Å². The third-order valence-corrected chi connectivity index (χ3v) is 6.85. The van der Waals surface area contributed by atoms with E-state index in [0.29, 0.717) is 60.9 Å². The molecule has 0 radical (unpaired) electrons. The molecule has 8 nitrogen and oxygen atoms in total. The van der Waals surface area contributed by atoms with Crippen molar-refractivity contribution in [3.63, 3.8) is 0 Å². The number of amides is 1. The molecule has 0 unspecified atom stereocenters. The number of fused-ring (bicyclic) bond motifs is 1. The minimum Gasteiger partial charge on any atom is -0.493 e. The van der Waals surface area contributed by atoms with Gasteiger partial charge in [0.15, 0.2) is 11.5 Å². The average molecular weight is 448 g/mol. The van der Waals surface area contributed by atoms with Gasteiger partial charge in [-0.15, -0.1) is 0 Å². The van der Waals surface area contributed by atoms with E-state index in [-0.39, 0.29) is 11.8 Å². The van der Waals surface area contributed by atoms with Crippen molar-refractivity contribution in [2.45, 2.75) is 18.8 Å². The number of carbonyl (C=O) groups is 1. The number of carbonyl (C=O) groups excluding carboxylic acids is 1. The monoisotopic (exact) mass is 447 g/mol. The predicted octanol–water partition coefficient (Wildman–Crippen LogP) is 3.07. The quantitative estimate of drug-likeness (QED) is 0.642. The lowest BCUT2D eigenvalue weighted by Gasteiger charge is -2.41. The van der Waals surface area contributed by atoms with Crippen LogP contribution in [0, 0.1) is 5.92 Å². The summed E-state index contributed by atoms with van der Waals surface area (Å²) in [6, 6.07) is 14.1. The molecule has 1 saturated carbocycles. The van der Waals surface area contributed by atoms with Crippen LogP contribution in [0.1, 0.15) is 24.3 Å². The number of benzene rings is 2.